The maximum Gasteiger partial charge on any atom is 0.237 e. The molecule has 2 amide bonds. The maximum atomic E-state index is 12.1. The first kappa shape index (κ1) is 16.6. The number of hydrogen-bond acceptors (Lipinski definition) is 5. The van der Waals surface area contributed by atoms with Gasteiger partial charge in [0.25, 0.3) is 0 Å². The van der Waals surface area contributed by atoms with Gasteiger partial charge in [0, 0.05) is 19.6 Å². The topological polar surface area (TPSA) is 79.9 Å². The number of amides is 2. The van der Waals surface area contributed by atoms with Crippen molar-refractivity contribution in [2.24, 2.45) is 0 Å². The standard InChI is InChI=1S/C17H23N3O4/c1-2-20-8-7-19-17(22)13(20)10-16(21)18-6-5-12-3-4-14-15(9-12)24-11-23-14/h3-4,9,13H,2,5-8,10-11H2,1H3,(H,18,21)(H,19,22)/t13-/m0/s1. The van der Waals surface area contributed by atoms with Gasteiger partial charge < -0.3 is 20.1 Å². The van der Waals surface area contributed by atoms with Gasteiger partial charge in [0.15, 0.2) is 11.5 Å². The normalized spacial score (nSPS) is 19.9. The Hall–Kier alpha value is -2.28. The van der Waals surface area contributed by atoms with Crippen molar-refractivity contribution in [2.75, 3.05) is 33.0 Å². The summed E-state index contributed by atoms with van der Waals surface area (Å²) in [5.41, 5.74) is 1.07. The SMILES string of the molecule is CCN1CCNC(=O)[C@@H]1CC(=O)NCCc1ccc2c(c1)OCO2. The summed E-state index contributed by atoms with van der Waals surface area (Å²) in [5, 5.41) is 5.71. The molecule has 0 radical (unpaired) electrons. The van der Waals surface area contributed by atoms with E-state index in [0.717, 1.165) is 30.2 Å². The molecule has 0 aromatic heterocycles. The lowest BCUT2D eigenvalue weighted by Gasteiger charge is -2.33. The van der Waals surface area contributed by atoms with E-state index in [-0.39, 0.29) is 31.1 Å². The molecule has 2 aliphatic rings. The number of piperazine rings is 1. The fourth-order valence-electron chi connectivity index (χ4n) is 3.05. The summed E-state index contributed by atoms with van der Waals surface area (Å²) in [6, 6.07) is 5.41. The number of nitrogens with zero attached hydrogens (tertiary/aromatic N) is 1. The minimum Gasteiger partial charge on any atom is -0.454 e. The second-order valence-corrected chi connectivity index (χ2v) is 5.93. The fraction of sp³-hybridized carbons (Fsp3) is 0.529. The molecule has 1 fully saturated rings. The first-order valence-corrected chi connectivity index (χ1v) is 8.34. The average Bonchev–Trinajstić information content (AvgIpc) is 3.04. The molecule has 1 aromatic rings. The molecule has 2 heterocycles. The number of ether oxygens (including phenoxy) is 2. The number of hydrogen-bond donors (Lipinski definition) is 2. The van der Waals surface area contributed by atoms with Gasteiger partial charge >= 0.3 is 0 Å². The number of benzene rings is 1. The van der Waals surface area contributed by atoms with Crippen LogP contribution >= 0.6 is 0 Å². The summed E-state index contributed by atoms with van der Waals surface area (Å²) in [6.45, 7) is 4.99. The Morgan fingerprint density at radius 2 is 2.21 bits per heavy atom. The van der Waals surface area contributed by atoms with Crippen LogP contribution in [0.2, 0.25) is 0 Å². The molecule has 1 aromatic carbocycles. The van der Waals surface area contributed by atoms with E-state index in [2.05, 4.69) is 10.6 Å². The predicted octanol–water partition coefficient (Wildman–Crippen LogP) is 0.284. The Kier molecular flexibility index (Phi) is 5.20. The minimum absolute atomic E-state index is 0.0611. The van der Waals surface area contributed by atoms with E-state index in [0.29, 0.717) is 19.5 Å². The van der Waals surface area contributed by atoms with Crippen molar-refractivity contribution in [3.8, 4) is 11.5 Å². The van der Waals surface area contributed by atoms with Crippen molar-refractivity contribution in [2.45, 2.75) is 25.8 Å². The molecule has 7 nitrogen and oxygen atoms in total. The lowest BCUT2D eigenvalue weighted by atomic mass is 10.1. The van der Waals surface area contributed by atoms with Gasteiger partial charge in [0.1, 0.15) is 0 Å². The summed E-state index contributed by atoms with van der Waals surface area (Å²) in [4.78, 5) is 26.1. The minimum atomic E-state index is -0.366. The van der Waals surface area contributed by atoms with E-state index in [1.54, 1.807) is 0 Å². The lowest BCUT2D eigenvalue weighted by molar-refractivity contribution is -0.133. The molecular weight excluding hydrogens is 310 g/mol. The van der Waals surface area contributed by atoms with Crippen LogP contribution in [-0.4, -0.2) is 55.7 Å². The first-order valence-electron chi connectivity index (χ1n) is 8.34. The smallest absolute Gasteiger partial charge is 0.237 e. The molecule has 24 heavy (non-hydrogen) atoms. The van der Waals surface area contributed by atoms with Crippen LogP contribution in [0.15, 0.2) is 18.2 Å². The zero-order valence-electron chi connectivity index (χ0n) is 13.8. The molecule has 0 bridgehead atoms. The van der Waals surface area contributed by atoms with E-state index in [1.165, 1.54) is 0 Å². The average molecular weight is 333 g/mol. The first-order chi connectivity index (χ1) is 11.7. The summed E-state index contributed by atoms with van der Waals surface area (Å²) < 4.78 is 10.6. The second kappa shape index (κ2) is 7.53. The third-order valence-electron chi connectivity index (χ3n) is 4.40. The van der Waals surface area contributed by atoms with Crippen molar-refractivity contribution < 1.29 is 19.1 Å². The largest absolute Gasteiger partial charge is 0.454 e. The third kappa shape index (κ3) is 3.79. The highest BCUT2D eigenvalue weighted by atomic mass is 16.7. The van der Waals surface area contributed by atoms with Crippen LogP contribution in [0.1, 0.15) is 18.9 Å². The molecule has 2 aliphatic heterocycles. The van der Waals surface area contributed by atoms with Gasteiger partial charge in [-0.15, -0.1) is 0 Å². The van der Waals surface area contributed by atoms with Gasteiger partial charge in [-0.3, -0.25) is 14.5 Å². The Morgan fingerprint density at radius 3 is 3.04 bits per heavy atom. The lowest BCUT2D eigenvalue weighted by Crippen LogP contribution is -2.56. The van der Waals surface area contributed by atoms with Gasteiger partial charge in [-0.05, 0) is 30.7 Å². The van der Waals surface area contributed by atoms with Gasteiger partial charge in [-0.25, -0.2) is 0 Å². The van der Waals surface area contributed by atoms with Crippen LogP contribution in [0.4, 0.5) is 0 Å². The molecule has 130 valence electrons. The van der Waals surface area contributed by atoms with E-state index in [4.69, 9.17) is 9.47 Å². The molecular formula is C17H23N3O4. The summed E-state index contributed by atoms with van der Waals surface area (Å²) >= 11 is 0. The second-order valence-electron chi connectivity index (χ2n) is 5.93. The Morgan fingerprint density at radius 1 is 1.38 bits per heavy atom. The van der Waals surface area contributed by atoms with Crippen LogP contribution < -0.4 is 20.1 Å². The molecule has 1 saturated heterocycles. The van der Waals surface area contributed by atoms with Crippen LogP contribution in [0.25, 0.3) is 0 Å². The Balaban J connectivity index is 1.46. The fourth-order valence-corrected chi connectivity index (χ4v) is 3.05. The highest BCUT2D eigenvalue weighted by Crippen LogP contribution is 2.32. The predicted molar refractivity (Wildman–Crippen MR) is 87.9 cm³/mol. The summed E-state index contributed by atoms with van der Waals surface area (Å²) in [7, 11) is 0. The monoisotopic (exact) mass is 333 g/mol. The quantitative estimate of drug-likeness (QED) is 0.782. The highest BCUT2D eigenvalue weighted by molar-refractivity contribution is 5.88. The van der Waals surface area contributed by atoms with E-state index in [9.17, 15) is 9.59 Å². The van der Waals surface area contributed by atoms with Crippen molar-refractivity contribution in [1.82, 2.24) is 15.5 Å². The van der Waals surface area contributed by atoms with Gasteiger partial charge in [-0.1, -0.05) is 13.0 Å². The van der Waals surface area contributed by atoms with Crippen LogP contribution in [0.3, 0.4) is 0 Å². The molecule has 2 N–H and O–H groups in total. The number of carbonyl (C=O) groups is 2. The zero-order valence-corrected chi connectivity index (χ0v) is 13.8. The van der Waals surface area contributed by atoms with Gasteiger partial charge in [0.2, 0.25) is 18.6 Å². The van der Waals surface area contributed by atoms with Crippen LogP contribution in [0.5, 0.6) is 11.5 Å². The van der Waals surface area contributed by atoms with Gasteiger partial charge in [0.05, 0.1) is 12.5 Å². The molecule has 0 aliphatic carbocycles. The van der Waals surface area contributed by atoms with E-state index >= 15 is 0 Å². The van der Waals surface area contributed by atoms with E-state index < -0.39 is 0 Å². The Bertz CT molecular complexity index is 620. The number of fused-ring (bicyclic) bond motifs is 1. The third-order valence-corrected chi connectivity index (χ3v) is 4.40. The molecule has 0 saturated carbocycles. The summed E-state index contributed by atoms with van der Waals surface area (Å²) in [5.74, 6) is 1.34. The van der Waals surface area contributed by atoms with E-state index in [1.807, 2.05) is 30.0 Å². The molecule has 1 atom stereocenters. The summed E-state index contributed by atoms with van der Waals surface area (Å²) in [6.07, 6.45) is 0.900. The van der Waals surface area contributed by atoms with Gasteiger partial charge in [-0.2, -0.15) is 0 Å². The van der Waals surface area contributed by atoms with Crippen LogP contribution in [-0.2, 0) is 16.0 Å². The Labute approximate surface area is 141 Å². The molecule has 3 rings (SSSR count). The van der Waals surface area contributed by atoms with Crippen molar-refractivity contribution >= 4 is 11.8 Å². The number of likely N-dealkylation sites (N-methyl/N-ethyl adjacent to an activating group) is 1. The van der Waals surface area contributed by atoms with Crippen molar-refractivity contribution in [1.29, 1.82) is 0 Å². The van der Waals surface area contributed by atoms with Crippen molar-refractivity contribution in [3.63, 3.8) is 0 Å². The zero-order chi connectivity index (χ0) is 16.9. The molecule has 7 heteroatoms. The number of nitrogens with one attached hydrogen (secondary N) is 2. The molecule has 0 unspecified atom stereocenters. The highest BCUT2D eigenvalue weighted by Gasteiger charge is 2.30. The number of carbonyl (C=O) groups excluding carboxylic acids is 2. The maximum absolute atomic E-state index is 12.1. The number of rotatable bonds is 6. The van der Waals surface area contributed by atoms with Crippen LogP contribution in [0, 0.1) is 0 Å². The van der Waals surface area contributed by atoms with Crippen molar-refractivity contribution in [3.05, 3.63) is 23.8 Å². The molecule has 0 spiro atoms.